The molecule has 0 fully saturated rings. The summed E-state index contributed by atoms with van der Waals surface area (Å²) in [5.41, 5.74) is 2.77. The summed E-state index contributed by atoms with van der Waals surface area (Å²) in [6, 6.07) is 13.7. The second-order valence-corrected chi connectivity index (χ2v) is 6.06. The fourth-order valence-corrected chi connectivity index (χ4v) is 2.12. The van der Waals surface area contributed by atoms with Crippen molar-refractivity contribution < 1.29 is 9.18 Å². The summed E-state index contributed by atoms with van der Waals surface area (Å²) in [6.45, 7) is 6.71. The first-order valence-electron chi connectivity index (χ1n) is 7.24. The first-order valence-corrected chi connectivity index (χ1v) is 7.24. The molecule has 3 nitrogen and oxygen atoms in total. The van der Waals surface area contributed by atoms with Gasteiger partial charge < -0.3 is 10.6 Å². The topological polar surface area (TPSA) is 41.1 Å². The molecule has 2 aromatic carbocycles. The molecule has 116 valence electrons. The van der Waals surface area contributed by atoms with Gasteiger partial charge in [-0.3, -0.25) is 0 Å². The summed E-state index contributed by atoms with van der Waals surface area (Å²) in [4.78, 5) is 11.9. The molecule has 2 aromatic rings. The summed E-state index contributed by atoms with van der Waals surface area (Å²) in [7, 11) is 0. The summed E-state index contributed by atoms with van der Waals surface area (Å²) in [5, 5.41) is 5.54. The number of carbonyl (C=O) groups is 1. The third kappa shape index (κ3) is 4.32. The van der Waals surface area contributed by atoms with Crippen LogP contribution in [0.25, 0.3) is 0 Å². The van der Waals surface area contributed by atoms with Crippen LogP contribution in [0, 0.1) is 12.7 Å². The molecule has 0 aliphatic carbocycles. The van der Waals surface area contributed by atoms with E-state index in [2.05, 4.69) is 48.7 Å². The first-order chi connectivity index (χ1) is 10.4. The molecule has 0 spiro atoms. The Balaban J connectivity index is 1.92. The highest BCUT2D eigenvalue weighted by Gasteiger charge is 2.21. The number of amides is 2. The van der Waals surface area contributed by atoms with Gasteiger partial charge in [0.15, 0.2) is 0 Å². The van der Waals surface area contributed by atoms with Crippen molar-refractivity contribution in [2.45, 2.75) is 26.2 Å². The number of anilines is 1. The van der Waals surface area contributed by atoms with E-state index in [0.29, 0.717) is 12.2 Å². The zero-order chi connectivity index (χ0) is 16.2. The lowest BCUT2D eigenvalue weighted by molar-refractivity contribution is 0.249. The van der Waals surface area contributed by atoms with Crippen LogP contribution in [0.1, 0.15) is 25.0 Å². The molecule has 0 atom stereocenters. The van der Waals surface area contributed by atoms with Gasteiger partial charge in [0.05, 0.1) is 0 Å². The number of rotatable bonds is 4. The van der Waals surface area contributed by atoms with E-state index in [1.165, 1.54) is 35.4 Å². The molecule has 0 aliphatic rings. The molecule has 0 heterocycles. The van der Waals surface area contributed by atoms with Gasteiger partial charge in [0.1, 0.15) is 5.82 Å². The molecule has 0 bridgehead atoms. The highest BCUT2D eigenvalue weighted by atomic mass is 19.1. The van der Waals surface area contributed by atoms with Crippen molar-refractivity contribution in [1.29, 1.82) is 0 Å². The Bertz CT molecular complexity index is 633. The standard InChI is InChI=1S/C18H21FN2O/c1-13-4-6-14(7-5-13)18(2,3)12-20-17(22)21-16-10-8-15(19)9-11-16/h4-11H,12H2,1-3H3,(H2,20,21,22). The Labute approximate surface area is 130 Å². The maximum atomic E-state index is 12.8. The number of hydrogen-bond donors (Lipinski definition) is 2. The van der Waals surface area contributed by atoms with Crippen molar-refractivity contribution in [3.8, 4) is 0 Å². The molecule has 0 radical (unpaired) electrons. The number of halogens is 1. The van der Waals surface area contributed by atoms with Crippen LogP contribution in [0.4, 0.5) is 14.9 Å². The fraction of sp³-hybridized carbons (Fsp3) is 0.278. The molecule has 0 unspecified atom stereocenters. The molecule has 0 saturated carbocycles. The van der Waals surface area contributed by atoms with Crippen LogP contribution >= 0.6 is 0 Å². The molecular formula is C18H21FN2O. The van der Waals surface area contributed by atoms with Gasteiger partial charge in [0, 0.05) is 17.6 Å². The number of benzene rings is 2. The van der Waals surface area contributed by atoms with Gasteiger partial charge in [-0.15, -0.1) is 0 Å². The van der Waals surface area contributed by atoms with E-state index in [4.69, 9.17) is 0 Å². The highest BCUT2D eigenvalue weighted by molar-refractivity contribution is 5.89. The summed E-state index contributed by atoms with van der Waals surface area (Å²) in [5.74, 6) is -0.327. The largest absolute Gasteiger partial charge is 0.337 e. The Morgan fingerprint density at radius 2 is 1.64 bits per heavy atom. The third-order valence-electron chi connectivity index (χ3n) is 3.63. The Morgan fingerprint density at radius 1 is 1.05 bits per heavy atom. The van der Waals surface area contributed by atoms with Crippen molar-refractivity contribution in [3.05, 3.63) is 65.5 Å². The van der Waals surface area contributed by atoms with Gasteiger partial charge in [0.2, 0.25) is 0 Å². The molecule has 2 N–H and O–H groups in total. The Morgan fingerprint density at radius 3 is 2.23 bits per heavy atom. The number of carbonyl (C=O) groups excluding carboxylic acids is 1. The highest BCUT2D eigenvalue weighted by Crippen LogP contribution is 2.22. The second kappa shape index (κ2) is 6.60. The minimum absolute atomic E-state index is 0.173. The van der Waals surface area contributed by atoms with Crippen LogP contribution in [0.2, 0.25) is 0 Å². The van der Waals surface area contributed by atoms with E-state index in [9.17, 15) is 9.18 Å². The zero-order valence-electron chi connectivity index (χ0n) is 13.1. The monoisotopic (exact) mass is 300 g/mol. The van der Waals surface area contributed by atoms with Gasteiger partial charge in [0.25, 0.3) is 0 Å². The van der Waals surface area contributed by atoms with Crippen LogP contribution in [0.15, 0.2) is 48.5 Å². The van der Waals surface area contributed by atoms with E-state index in [0.717, 1.165) is 0 Å². The van der Waals surface area contributed by atoms with Crippen LogP contribution in [0.3, 0.4) is 0 Å². The number of hydrogen-bond acceptors (Lipinski definition) is 1. The second-order valence-electron chi connectivity index (χ2n) is 6.06. The predicted octanol–water partition coefficient (Wildman–Crippen LogP) is 4.23. The number of nitrogens with one attached hydrogen (secondary N) is 2. The van der Waals surface area contributed by atoms with Gasteiger partial charge in [-0.1, -0.05) is 43.7 Å². The molecule has 0 aliphatic heterocycles. The number of aryl methyl sites for hydroxylation is 1. The zero-order valence-corrected chi connectivity index (χ0v) is 13.1. The van der Waals surface area contributed by atoms with Crippen LogP contribution in [-0.4, -0.2) is 12.6 Å². The average Bonchev–Trinajstić information content (AvgIpc) is 2.48. The van der Waals surface area contributed by atoms with Crippen LogP contribution in [0.5, 0.6) is 0 Å². The lowest BCUT2D eigenvalue weighted by atomic mass is 9.84. The van der Waals surface area contributed by atoms with Crippen molar-refractivity contribution in [2.75, 3.05) is 11.9 Å². The van der Waals surface area contributed by atoms with Gasteiger partial charge >= 0.3 is 6.03 Å². The van der Waals surface area contributed by atoms with E-state index >= 15 is 0 Å². The van der Waals surface area contributed by atoms with E-state index in [-0.39, 0.29) is 17.3 Å². The minimum atomic E-state index is -0.327. The fourth-order valence-electron chi connectivity index (χ4n) is 2.12. The SMILES string of the molecule is Cc1ccc(C(C)(C)CNC(=O)Nc2ccc(F)cc2)cc1. The quantitative estimate of drug-likeness (QED) is 0.871. The maximum Gasteiger partial charge on any atom is 0.319 e. The smallest absolute Gasteiger partial charge is 0.319 e. The normalized spacial score (nSPS) is 11.1. The Hall–Kier alpha value is -2.36. The van der Waals surface area contributed by atoms with E-state index in [1.54, 1.807) is 0 Å². The molecule has 2 rings (SSSR count). The van der Waals surface area contributed by atoms with Gasteiger partial charge in [-0.25, -0.2) is 9.18 Å². The minimum Gasteiger partial charge on any atom is -0.337 e. The third-order valence-corrected chi connectivity index (χ3v) is 3.63. The molecular weight excluding hydrogens is 279 g/mol. The molecule has 4 heteroatoms. The first kappa shape index (κ1) is 16.0. The molecule has 22 heavy (non-hydrogen) atoms. The van der Waals surface area contributed by atoms with Crippen molar-refractivity contribution in [2.24, 2.45) is 0 Å². The van der Waals surface area contributed by atoms with E-state index < -0.39 is 0 Å². The summed E-state index contributed by atoms with van der Waals surface area (Å²) < 4.78 is 12.8. The lowest BCUT2D eigenvalue weighted by Crippen LogP contribution is -2.38. The molecule has 0 aromatic heterocycles. The van der Waals surface area contributed by atoms with Gasteiger partial charge in [-0.2, -0.15) is 0 Å². The predicted molar refractivity (Wildman–Crippen MR) is 87.6 cm³/mol. The summed E-state index contributed by atoms with van der Waals surface area (Å²) >= 11 is 0. The van der Waals surface area contributed by atoms with Crippen LogP contribution in [-0.2, 0) is 5.41 Å². The van der Waals surface area contributed by atoms with Crippen LogP contribution < -0.4 is 10.6 Å². The Kier molecular flexibility index (Phi) is 4.81. The molecule has 2 amide bonds. The van der Waals surface area contributed by atoms with Crippen molar-refractivity contribution in [1.82, 2.24) is 5.32 Å². The average molecular weight is 300 g/mol. The summed E-state index contributed by atoms with van der Waals surface area (Å²) in [6.07, 6.45) is 0. The lowest BCUT2D eigenvalue weighted by Gasteiger charge is -2.26. The maximum absolute atomic E-state index is 12.8. The van der Waals surface area contributed by atoms with Crippen molar-refractivity contribution >= 4 is 11.7 Å². The number of urea groups is 1. The molecule has 0 saturated heterocycles. The van der Waals surface area contributed by atoms with E-state index in [1.807, 2.05) is 6.92 Å². The van der Waals surface area contributed by atoms with Gasteiger partial charge in [-0.05, 0) is 36.8 Å². The van der Waals surface area contributed by atoms with Crippen molar-refractivity contribution in [3.63, 3.8) is 0 Å².